The van der Waals surface area contributed by atoms with Gasteiger partial charge in [0.15, 0.2) is 11.6 Å². The predicted octanol–water partition coefficient (Wildman–Crippen LogP) is 2.64. The Morgan fingerprint density at radius 3 is 2.80 bits per heavy atom. The fraction of sp³-hybridized carbons (Fsp3) is 0.278. The van der Waals surface area contributed by atoms with Gasteiger partial charge in [0.05, 0.1) is 6.04 Å². The summed E-state index contributed by atoms with van der Waals surface area (Å²) in [6.07, 6.45) is 6.02. The summed E-state index contributed by atoms with van der Waals surface area (Å²) in [5.41, 5.74) is 1.36. The van der Waals surface area contributed by atoms with Gasteiger partial charge in [0, 0.05) is 30.1 Å². The Labute approximate surface area is 146 Å². The Hall–Kier alpha value is -3.09. The molecular weight excluding hydrogens is 316 g/mol. The number of hydrogen-bond donors (Lipinski definition) is 1. The standard InChI is InChI=1S/C18H20N6O/c1-3-10-24-12-21-23-17(24)13(2)22-18(25)15-7-4-6-14(11-15)16-19-8-5-9-20-16/h4-9,11-13H,3,10H2,1-2H3,(H,22,25)/t13-/m1/s1. The minimum absolute atomic E-state index is 0.170. The third kappa shape index (κ3) is 3.88. The number of benzene rings is 1. The second-order valence-electron chi connectivity index (χ2n) is 5.73. The summed E-state index contributed by atoms with van der Waals surface area (Å²) < 4.78 is 1.96. The van der Waals surface area contributed by atoms with E-state index in [1.807, 2.05) is 23.6 Å². The van der Waals surface area contributed by atoms with Crippen LogP contribution < -0.4 is 5.32 Å². The van der Waals surface area contributed by atoms with Crippen LogP contribution in [0.1, 0.15) is 42.5 Å². The third-order valence-electron chi connectivity index (χ3n) is 3.79. The van der Waals surface area contributed by atoms with Crippen molar-refractivity contribution < 1.29 is 4.79 Å². The molecule has 0 aliphatic carbocycles. The van der Waals surface area contributed by atoms with Gasteiger partial charge in [-0.1, -0.05) is 19.1 Å². The van der Waals surface area contributed by atoms with Gasteiger partial charge in [0.1, 0.15) is 6.33 Å². The number of rotatable bonds is 6. The van der Waals surface area contributed by atoms with E-state index in [-0.39, 0.29) is 11.9 Å². The molecule has 0 saturated heterocycles. The van der Waals surface area contributed by atoms with Crippen molar-refractivity contribution in [2.75, 3.05) is 0 Å². The average molecular weight is 336 g/mol. The molecule has 1 amide bonds. The van der Waals surface area contributed by atoms with Crippen molar-refractivity contribution in [1.29, 1.82) is 0 Å². The molecule has 1 atom stereocenters. The van der Waals surface area contributed by atoms with E-state index < -0.39 is 0 Å². The molecule has 0 aliphatic heterocycles. The Balaban J connectivity index is 1.76. The fourth-order valence-corrected chi connectivity index (χ4v) is 2.60. The summed E-state index contributed by atoms with van der Waals surface area (Å²) in [7, 11) is 0. The topological polar surface area (TPSA) is 85.6 Å². The number of hydrogen-bond acceptors (Lipinski definition) is 5. The van der Waals surface area contributed by atoms with E-state index in [0.29, 0.717) is 11.4 Å². The zero-order valence-electron chi connectivity index (χ0n) is 14.3. The van der Waals surface area contributed by atoms with E-state index in [2.05, 4.69) is 32.4 Å². The van der Waals surface area contributed by atoms with Gasteiger partial charge >= 0.3 is 0 Å². The van der Waals surface area contributed by atoms with Crippen LogP contribution in [-0.4, -0.2) is 30.6 Å². The molecule has 7 nitrogen and oxygen atoms in total. The van der Waals surface area contributed by atoms with Gasteiger partial charge in [-0.05, 0) is 31.5 Å². The molecule has 2 heterocycles. The minimum atomic E-state index is -0.238. The lowest BCUT2D eigenvalue weighted by Gasteiger charge is -2.14. The largest absolute Gasteiger partial charge is 0.342 e. The monoisotopic (exact) mass is 336 g/mol. The molecule has 2 aromatic heterocycles. The number of carbonyl (C=O) groups excluding carboxylic acids is 1. The first-order chi connectivity index (χ1) is 12.2. The molecule has 25 heavy (non-hydrogen) atoms. The highest BCUT2D eigenvalue weighted by atomic mass is 16.1. The molecule has 0 aliphatic rings. The van der Waals surface area contributed by atoms with Crippen LogP contribution in [0.15, 0.2) is 49.1 Å². The van der Waals surface area contributed by atoms with Gasteiger partial charge in [0.25, 0.3) is 5.91 Å². The molecule has 0 saturated carbocycles. The first kappa shape index (κ1) is 16.8. The maximum absolute atomic E-state index is 12.6. The fourth-order valence-electron chi connectivity index (χ4n) is 2.60. The van der Waals surface area contributed by atoms with Crippen LogP contribution >= 0.6 is 0 Å². The molecule has 3 rings (SSSR count). The second kappa shape index (κ2) is 7.65. The van der Waals surface area contributed by atoms with E-state index in [9.17, 15) is 4.79 Å². The van der Waals surface area contributed by atoms with Gasteiger partial charge in [-0.15, -0.1) is 10.2 Å². The van der Waals surface area contributed by atoms with E-state index in [4.69, 9.17) is 0 Å². The molecular formula is C18H20N6O. The van der Waals surface area contributed by atoms with Gasteiger partial charge < -0.3 is 9.88 Å². The summed E-state index contributed by atoms with van der Waals surface area (Å²) in [6, 6.07) is 8.78. The molecule has 7 heteroatoms. The molecule has 1 N–H and O–H groups in total. The normalized spacial score (nSPS) is 11.9. The predicted molar refractivity (Wildman–Crippen MR) is 93.7 cm³/mol. The number of aromatic nitrogens is 5. The minimum Gasteiger partial charge on any atom is -0.342 e. The first-order valence-corrected chi connectivity index (χ1v) is 8.25. The maximum atomic E-state index is 12.6. The van der Waals surface area contributed by atoms with Crippen LogP contribution in [0, 0.1) is 0 Å². The van der Waals surface area contributed by atoms with Gasteiger partial charge in [0.2, 0.25) is 0 Å². The van der Waals surface area contributed by atoms with Crippen molar-refractivity contribution in [2.24, 2.45) is 0 Å². The Morgan fingerprint density at radius 2 is 2.04 bits per heavy atom. The van der Waals surface area contributed by atoms with Crippen LogP contribution in [0.4, 0.5) is 0 Å². The van der Waals surface area contributed by atoms with E-state index in [1.165, 1.54) is 0 Å². The number of aryl methyl sites for hydroxylation is 1. The number of carbonyl (C=O) groups is 1. The molecule has 0 fully saturated rings. The third-order valence-corrected chi connectivity index (χ3v) is 3.79. The zero-order chi connectivity index (χ0) is 17.6. The summed E-state index contributed by atoms with van der Waals surface area (Å²) in [5.74, 6) is 1.17. The highest BCUT2D eigenvalue weighted by Gasteiger charge is 2.17. The number of nitrogens with zero attached hydrogens (tertiary/aromatic N) is 5. The molecule has 0 bridgehead atoms. The van der Waals surface area contributed by atoms with Crippen LogP contribution in [0.25, 0.3) is 11.4 Å². The summed E-state index contributed by atoms with van der Waals surface area (Å²) in [4.78, 5) is 21.0. The highest BCUT2D eigenvalue weighted by Crippen LogP contribution is 2.17. The molecule has 3 aromatic rings. The lowest BCUT2D eigenvalue weighted by molar-refractivity contribution is 0.0937. The van der Waals surface area contributed by atoms with Crippen molar-refractivity contribution in [2.45, 2.75) is 32.9 Å². The van der Waals surface area contributed by atoms with Crippen molar-refractivity contribution in [3.8, 4) is 11.4 Å². The van der Waals surface area contributed by atoms with Crippen LogP contribution in [0.2, 0.25) is 0 Å². The molecule has 0 spiro atoms. The average Bonchev–Trinajstić information content (AvgIpc) is 3.11. The van der Waals surface area contributed by atoms with Gasteiger partial charge in [-0.3, -0.25) is 4.79 Å². The van der Waals surface area contributed by atoms with E-state index >= 15 is 0 Å². The van der Waals surface area contributed by atoms with E-state index in [1.54, 1.807) is 36.9 Å². The lowest BCUT2D eigenvalue weighted by atomic mass is 10.1. The van der Waals surface area contributed by atoms with Crippen LogP contribution in [0.3, 0.4) is 0 Å². The smallest absolute Gasteiger partial charge is 0.251 e. The molecule has 0 unspecified atom stereocenters. The maximum Gasteiger partial charge on any atom is 0.251 e. The summed E-state index contributed by atoms with van der Waals surface area (Å²) >= 11 is 0. The highest BCUT2D eigenvalue weighted by molar-refractivity contribution is 5.95. The van der Waals surface area contributed by atoms with Crippen molar-refractivity contribution >= 4 is 5.91 Å². The van der Waals surface area contributed by atoms with Crippen molar-refractivity contribution in [3.05, 3.63) is 60.4 Å². The van der Waals surface area contributed by atoms with Crippen molar-refractivity contribution in [1.82, 2.24) is 30.0 Å². The Kier molecular flexibility index (Phi) is 5.13. The zero-order valence-corrected chi connectivity index (χ0v) is 14.3. The summed E-state index contributed by atoms with van der Waals surface area (Å²) in [5, 5.41) is 11.0. The van der Waals surface area contributed by atoms with Crippen molar-refractivity contribution in [3.63, 3.8) is 0 Å². The lowest BCUT2D eigenvalue weighted by Crippen LogP contribution is -2.28. The van der Waals surface area contributed by atoms with E-state index in [0.717, 1.165) is 24.4 Å². The van der Waals surface area contributed by atoms with Gasteiger partial charge in [-0.2, -0.15) is 0 Å². The number of amides is 1. The molecule has 128 valence electrons. The second-order valence-corrected chi connectivity index (χ2v) is 5.73. The Bertz CT molecular complexity index is 846. The van der Waals surface area contributed by atoms with Crippen LogP contribution in [0.5, 0.6) is 0 Å². The quantitative estimate of drug-likeness (QED) is 0.748. The van der Waals surface area contributed by atoms with Crippen LogP contribution in [-0.2, 0) is 6.54 Å². The first-order valence-electron chi connectivity index (χ1n) is 8.25. The number of nitrogens with one attached hydrogen (secondary N) is 1. The molecule has 1 aromatic carbocycles. The SMILES string of the molecule is CCCn1cnnc1[C@@H](C)NC(=O)c1cccc(-c2ncccn2)c1. The Morgan fingerprint density at radius 1 is 1.24 bits per heavy atom. The van der Waals surface area contributed by atoms with Gasteiger partial charge in [-0.25, -0.2) is 9.97 Å². The molecule has 0 radical (unpaired) electrons. The summed E-state index contributed by atoms with van der Waals surface area (Å²) in [6.45, 7) is 4.81.